The lowest BCUT2D eigenvalue weighted by Crippen LogP contribution is -2.30. The van der Waals surface area contributed by atoms with Gasteiger partial charge in [0.15, 0.2) is 0 Å². The van der Waals surface area contributed by atoms with Gasteiger partial charge in [0.1, 0.15) is 16.9 Å². The minimum atomic E-state index is 0.0443. The van der Waals surface area contributed by atoms with Crippen LogP contribution in [0.5, 0.6) is 5.75 Å². The number of benzene rings is 1. The number of nitrogens with zero attached hydrogens (tertiary/aromatic N) is 1. The fraction of sp³-hybridized carbons (Fsp3) is 0.353. The van der Waals surface area contributed by atoms with Crippen LogP contribution in [0.1, 0.15) is 16.7 Å². The number of hydrogen-bond donors (Lipinski definition) is 0. The maximum atomic E-state index is 12.2. The standard InChI is InChI=1S/C17H19NO3S2/c1-20-15-7-3-2-6-14(15)17-18(16(19)12-23-17)8-10-22-11-13-5-4-9-21-13/h2-7,9,17H,8,10-12H2,1H3. The van der Waals surface area contributed by atoms with E-state index in [1.807, 2.05) is 41.3 Å². The lowest BCUT2D eigenvalue weighted by Gasteiger charge is -2.25. The molecule has 0 radical (unpaired) electrons. The van der Waals surface area contributed by atoms with Crippen molar-refractivity contribution >= 4 is 29.4 Å². The SMILES string of the molecule is COc1ccccc1C1SCC(=O)N1CCSCc1ccco1. The highest BCUT2D eigenvalue weighted by Crippen LogP contribution is 2.42. The van der Waals surface area contributed by atoms with Gasteiger partial charge in [0, 0.05) is 17.9 Å². The second kappa shape index (κ2) is 7.84. The molecular formula is C17H19NO3S2. The summed E-state index contributed by atoms with van der Waals surface area (Å²) in [6.07, 6.45) is 1.69. The molecule has 2 aromatic rings. The number of carbonyl (C=O) groups is 1. The van der Waals surface area contributed by atoms with Gasteiger partial charge in [0.05, 0.1) is 24.9 Å². The Balaban J connectivity index is 1.61. The molecule has 1 atom stereocenters. The van der Waals surface area contributed by atoms with Crippen LogP contribution in [0.2, 0.25) is 0 Å². The second-order valence-corrected chi connectivity index (χ2v) is 7.30. The molecule has 0 aliphatic carbocycles. The fourth-order valence-electron chi connectivity index (χ4n) is 2.55. The summed E-state index contributed by atoms with van der Waals surface area (Å²) in [6, 6.07) is 11.8. The summed E-state index contributed by atoms with van der Waals surface area (Å²) in [6.45, 7) is 0.736. The van der Waals surface area contributed by atoms with Crippen molar-refractivity contribution < 1.29 is 13.9 Å². The molecule has 23 heavy (non-hydrogen) atoms. The molecule has 4 nitrogen and oxygen atoms in total. The van der Waals surface area contributed by atoms with Gasteiger partial charge in [0.25, 0.3) is 0 Å². The Morgan fingerprint density at radius 1 is 1.35 bits per heavy atom. The normalized spacial score (nSPS) is 17.7. The van der Waals surface area contributed by atoms with Crippen LogP contribution >= 0.6 is 23.5 Å². The molecular weight excluding hydrogens is 330 g/mol. The first kappa shape index (κ1) is 16.3. The zero-order valence-corrected chi connectivity index (χ0v) is 14.6. The van der Waals surface area contributed by atoms with E-state index in [0.29, 0.717) is 5.75 Å². The van der Waals surface area contributed by atoms with Crippen LogP contribution in [0.15, 0.2) is 47.1 Å². The number of hydrogen-bond acceptors (Lipinski definition) is 5. The molecule has 0 bridgehead atoms. The number of para-hydroxylation sites is 1. The Labute approximate surface area is 144 Å². The zero-order valence-electron chi connectivity index (χ0n) is 12.9. The van der Waals surface area contributed by atoms with Gasteiger partial charge in [-0.25, -0.2) is 0 Å². The van der Waals surface area contributed by atoms with Gasteiger partial charge < -0.3 is 14.1 Å². The van der Waals surface area contributed by atoms with Gasteiger partial charge in [-0.1, -0.05) is 18.2 Å². The molecule has 2 heterocycles. The van der Waals surface area contributed by atoms with E-state index in [0.717, 1.165) is 35.1 Å². The summed E-state index contributed by atoms with van der Waals surface area (Å²) < 4.78 is 10.8. The average Bonchev–Trinajstić information content (AvgIpc) is 3.22. The zero-order chi connectivity index (χ0) is 16.1. The third-order valence-electron chi connectivity index (χ3n) is 3.67. The van der Waals surface area contributed by atoms with Crippen LogP contribution in [0.25, 0.3) is 0 Å². The van der Waals surface area contributed by atoms with Crippen LogP contribution in [0.4, 0.5) is 0 Å². The summed E-state index contributed by atoms with van der Waals surface area (Å²) >= 11 is 3.44. The summed E-state index contributed by atoms with van der Waals surface area (Å²) in [4.78, 5) is 14.2. The maximum Gasteiger partial charge on any atom is 0.233 e. The van der Waals surface area contributed by atoms with E-state index < -0.39 is 0 Å². The number of amides is 1. The minimum absolute atomic E-state index is 0.0443. The predicted molar refractivity (Wildman–Crippen MR) is 94.8 cm³/mol. The van der Waals surface area contributed by atoms with Gasteiger partial charge in [-0.3, -0.25) is 4.79 Å². The largest absolute Gasteiger partial charge is 0.496 e. The molecule has 122 valence electrons. The van der Waals surface area contributed by atoms with Crippen molar-refractivity contribution in [2.75, 3.05) is 25.2 Å². The Hall–Kier alpha value is -1.53. The second-order valence-electron chi connectivity index (χ2n) is 5.12. The van der Waals surface area contributed by atoms with E-state index in [-0.39, 0.29) is 11.3 Å². The number of methoxy groups -OCH3 is 1. The Bertz CT molecular complexity index is 645. The molecule has 1 fully saturated rings. The van der Waals surface area contributed by atoms with E-state index in [9.17, 15) is 4.79 Å². The van der Waals surface area contributed by atoms with Gasteiger partial charge in [0.2, 0.25) is 5.91 Å². The molecule has 1 aliphatic heterocycles. The summed E-state index contributed by atoms with van der Waals surface area (Å²) in [7, 11) is 1.67. The van der Waals surface area contributed by atoms with Crippen LogP contribution in [-0.4, -0.2) is 36.0 Å². The summed E-state index contributed by atoms with van der Waals surface area (Å²) in [5.41, 5.74) is 1.07. The summed E-state index contributed by atoms with van der Waals surface area (Å²) in [5, 5.41) is 0.0443. The number of carbonyl (C=O) groups excluding carboxylic acids is 1. The maximum absolute atomic E-state index is 12.2. The first-order chi connectivity index (χ1) is 11.3. The van der Waals surface area contributed by atoms with E-state index in [1.54, 1.807) is 36.9 Å². The topological polar surface area (TPSA) is 42.7 Å². The first-order valence-electron chi connectivity index (χ1n) is 7.43. The third-order valence-corrected chi connectivity index (χ3v) is 5.87. The Kier molecular flexibility index (Phi) is 5.56. The predicted octanol–water partition coefficient (Wildman–Crippen LogP) is 3.80. The lowest BCUT2D eigenvalue weighted by atomic mass is 10.2. The highest BCUT2D eigenvalue weighted by Gasteiger charge is 2.33. The van der Waals surface area contributed by atoms with E-state index in [2.05, 4.69) is 0 Å². The number of rotatable bonds is 7. The quantitative estimate of drug-likeness (QED) is 0.712. The summed E-state index contributed by atoms with van der Waals surface area (Å²) in [5.74, 6) is 4.27. The molecule has 0 saturated carbocycles. The molecule has 3 rings (SSSR count). The lowest BCUT2D eigenvalue weighted by molar-refractivity contribution is -0.127. The first-order valence-corrected chi connectivity index (χ1v) is 9.64. The minimum Gasteiger partial charge on any atom is -0.496 e. The van der Waals surface area contributed by atoms with Gasteiger partial charge >= 0.3 is 0 Å². The number of ether oxygens (including phenoxy) is 1. The van der Waals surface area contributed by atoms with Crippen LogP contribution in [0.3, 0.4) is 0 Å². The highest BCUT2D eigenvalue weighted by molar-refractivity contribution is 8.00. The van der Waals surface area contributed by atoms with E-state index in [4.69, 9.17) is 9.15 Å². The van der Waals surface area contributed by atoms with Crippen LogP contribution < -0.4 is 4.74 Å². The number of thioether (sulfide) groups is 2. The van der Waals surface area contributed by atoms with Gasteiger partial charge in [-0.2, -0.15) is 11.8 Å². The molecule has 1 amide bonds. The van der Waals surface area contributed by atoms with E-state index in [1.165, 1.54) is 0 Å². The Morgan fingerprint density at radius 3 is 3.00 bits per heavy atom. The van der Waals surface area contributed by atoms with Crippen molar-refractivity contribution in [2.24, 2.45) is 0 Å². The van der Waals surface area contributed by atoms with Crippen LogP contribution in [-0.2, 0) is 10.5 Å². The molecule has 1 aromatic heterocycles. The molecule has 1 aliphatic rings. The average molecular weight is 349 g/mol. The molecule has 0 N–H and O–H groups in total. The molecule has 1 aromatic carbocycles. The number of furan rings is 1. The third kappa shape index (κ3) is 3.87. The van der Waals surface area contributed by atoms with Crippen molar-refractivity contribution in [1.82, 2.24) is 4.90 Å². The molecule has 1 saturated heterocycles. The molecule has 1 unspecified atom stereocenters. The molecule has 0 spiro atoms. The van der Waals surface area contributed by atoms with E-state index >= 15 is 0 Å². The van der Waals surface area contributed by atoms with Gasteiger partial charge in [-0.05, 0) is 18.2 Å². The van der Waals surface area contributed by atoms with Crippen molar-refractivity contribution in [1.29, 1.82) is 0 Å². The van der Waals surface area contributed by atoms with Crippen molar-refractivity contribution in [3.8, 4) is 5.75 Å². The Morgan fingerprint density at radius 2 is 2.22 bits per heavy atom. The van der Waals surface area contributed by atoms with Gasteiger partial charge in [-0.15, -0.1) is 11.8 Å². The highest BCUT2D eigenvalue weighted by atomic mass is 32.2. The smallest absolute Gasteiger partial charge is 0.233 e. The van der Waals surface area contributed by atoms with Crippen molar-refractivity contribution in [2.45, 2.75) is 11.1 Å². The fourth-order valence-corrected chi connectivity index (χ4v) is 4.63. The monoisotopic (exact) mass is 349 g/mol. The van der Waals surface area contributed by atoms with Crippen molar-refractivity contribution in [3.05, 3.63) is 54.0 Å². The molecule has 6 heteroatoms. The van der Waals surface area contributed by atoms with Crippen LogP contribution in [0, 0.1) is 0 Å². The van der Waals surface area contributed by atoms with Crippen molar-refractivity contribution in [3.63, 3.8) is 0 Å².